The lowest BCUT2D eigenvalue weighted by atomic mass is 9.99. The van der Waals surface area contributed by atoms with Gasteiger partial charge in [0.15, 0.2) is 0 Å². The summed E-state index contributed by atoms with van der Waals surface area (Å²) in [5.41, 5.74) is 1.21. The van der Waals surface area contributed by atoms with Crippen molar-refractivity contribution in [2.24, 2.45) is 5.92 Å². The molecule has 0 spiro atoms. The van der Waals surface area contributed by atoms with Gasteiger partial charge in [-0.15, -0.1) is 0 Å². The molecule has 2 aliphatic heterocycles. The van der Waals surface area contributed by atoms with Crippen molar-refractivity contribution in [3.05, 3.63) is 35.9 Å². The molecule has 0 aliphatic carbocycles. The van der Waals surface area contributed by atoms with Crippen molar-refractivity contribution in [1.29, 1.82) is 0 Å². The molecule has 4 heteroatoms. The van der Waals surface area contributed by atoms with Crippen LogP contribution in [0.3, 0.4) is 0 Å². The zero-order valence-electron chi connectivity index (χ0n) is 11.8. The van der Waals surface area contributed by atoms with E-state index in [0.29, 0.717) is 12.6 Å². The van der Waals surface area contributed by atoms with Crippen LogP contribution in [0.25, 0.3) is 0 Å². The van der Waals surface area contributed by atoms with E-state index in [9.17, 15) is 4.79 Å². The second kappa shape index (κ2) is 6.37. The van der Waals surface area contributed by atoms with E-state index >= 15 is 0 Å². The van der Waals surface area contributed by atoms with E-state index in [1.165, 1.54) is 5.56 Å². The van der Waals surface area contributed by atoms with Crippen LogP contribution in [0.2, 0.25) is 0 Å². The molecule has 1 unspecified atom stereocenters. The fourth-order valence-electron chi connectivity index (χ4n) is 3.01. The third kappa shape index (κ3) is 3.19. The molecule has 1 N–H and O–H groups in total. The maximum Gasteiger partial charge on any atom is 0.241 e. The fraction of sp³-hybridized carbons (Fsp3) is 0.562. The highest BCUT2D eigenvalue weighted by molar-refractivity contribution is 5.84. The average molecular weight is 274 g/mol. The second-order valence-corrected chi connectivity index (χ2v) is 5.72. The number of amides is 1. The summed E-state index contributed by atoms with van der Waals surface area (Å²) >= 11 is 0. The lowest BCUT2D eigenvalue weighted by Crippen LogP contribution is -2.36. The number of carbonyl (C=O) groups is 1. The van der Waals surface area contributed by atoms with Gasteiger partial charge in [0.25, 0.3) is 0 Å². The lowest BCUT2D eigenvalue weighted by molar-refractivity contribution is -0.129. The number of nitrogens with one attached hydrogen (secondary N) is 1. The number of nitrogens with zero attached hydrogens (tertiary/aromatic N) is 1. The Hall–Kier alpha value is -1.39. The summed E-state index contributed by atoms with van der Waals surface area (Å²) in [4.78, 5) is 14.4. The Balaban J connectivity index is 1.54. The smallest absolute Gasteiger partial charge is 0.241 e. The highest BCUT2D eigenvalue weighted by Crippen LogP contribution is 2.18. The number of hydrogen-bond donors (Lipinski definition) is 1. The molecule has 0 aromatic heterocycles. The molecule has 2 saturated heterocycles. The Morgan fingerprint density at radius 2 is 1.95 bits per heavy atom. The molecule has 0 saturated carbocycles. The van der Waals surface area contributed by atoms with Gasteiger partial charge in [0.05, 0.1) is 12.7 Å². The lowest BCUT2D eigenvalue weighted by Gasteiger charge is -2.26. The molecule has 0 radical (unpaired) electrons. The zero-order chi connectivity index (χ0) is 13.8. The quantitative estimate of drug-likeness (QED) is 0.902. The maximum absolute atomic E-state index is 12.4. The van der Waals surface area contributed by atoms with Crippen molar-refractivity contribution < 1.29 is 9.53 Å². The molecule has 0 bridgehead atoms. The predicted octanol–water partition coefficient (Wildman–Crippen LogP) is 1.41. The van der Waals surface area contributed by atoms with Gasteiger partial charge in [-0.3, -0.25) is 10.1 Å². The summed E-state index contributed by atoms with van der Waals surface area (Å²) in [6.07, 6.45) is 2.93. The second-order valence-electron chi connectivity index (χ2n) is 5.72. The molecule has 2 fully saturated rings. The van der Waals surface area contributed by atoms with Crippen molar-refractivity contribution in [3.8, 4) is 0 Å². The summed E-state index contributed by atoms with van der Waals surface area (Å²) in [7, 11) is 0. The number of carbonyl (C=O) groups excluding carboxylic acids is 1. The minimum Gasteiger partial charge on any atom is -0.381 e. The van der Waals surface area contributed by atoms with Crippen LogP contribution in [-0.2, 0) is 16.0 Å². The topological polar surface area (TPSA) is 41.6 Å². The monoisotopic (exact) mass is 274 g/mol. The Bertz CT molecular complexity index is 443. The molecule has 3 rings (SSSR count). The van der Waals surface area contributed by atoms with Gasteiger partial charge in [-0.25, -0.2) is 0 Å². The molecular weight excluding hydrogens is 252 g/mol. The van der Waals surface area contributed by atoms with Crippen molar-refractivity contribution >= 4 is 5.91 Å². The van der Waals surface area contributed by atoms with Crippen molar-refractivity contribution in [2.45, 2.75) is 25.3 Å². The third-order valence-electron chi connectivity index (χ3n) is 4.24. The van der Waals surface area contributed by atoms with E-state index in [-0.39, 0.29) is 11.9 Å². The van der Waals surface area contributed by atoms with Crippen LogP contribution in [0.1, 0.15) is 18.4 Å². The van der Waals surface area contributed by atoms with Gasteiger partial charge in [-0.05, 0) is 30.7 Å². The third-order valence-corrected chi connectivity index (χ3v) is 4.24. The first-order valence-electron chi connectivity index (χ1n) is 7.47. The number of ether oxygens (including phenoxy) is 1. The average Bonchev–Trinajstić information content (AvgIpc) is 2.83. The van der Waals surface area contributed by atoms with Crippen LogP contribution < -0.4 is 5.32 Å². The van der Waals surface area contributed by atoms with Crippen LogP contribution in [0.15, 0.2) is 30.3 Å². The molecule has 20 heavy (non-hydrogen) atoms. The standard InChI is InChI=1S/C16H22N2O2/c19-16-15(10-13-4-2-1-3-5-13)17-12-18(16)11-14-6-8-20-9-7-14/h1-5,14-15,17H,6-12H2. The molecule has 1 aromatic rings. The van der Waals surface area contributed by atoms with Crippen LogP contribution in [-0.4, -0.2) is 43.3 Å². The van der Waals surface area contributed by atoms with Crippen LogP contribution in [0.4, 0.5) is 0 Å². The molecule has 1 amide bonds. The number of rotatable bonds is 4. The Labute approximate surface area is 120 Å². The van der Waals surface area contributed by atoms with E-state index in [2.05, 4.69) is 17.4 Å². The van der Waals surface area contributed by atoms with Gasteiger partial charge in [0.1, 0.15) is 0 Å². The van der Waals surface area contributed by atoms with Crippen molar-refractivity contribution in [2.75, 3.05) is 26.4 Å². The van der Waals surface area contributed by atoms with Gasteiger partial charge in [0.2, 0.25) is 5.91 Å². The summed E-state index contributed by atoms with van der Waals surface area (Å²) in [5, 5.41) is 3.34. The largest absolute Gasteiger partial charge is 0.381 e. The van der Waals surface area contributed by atoms with Crippen molar-refractivity contribution in [1.82, 2.24) is 10.2 Å². The van der Waals surface area contributed by atoms with Crippen LogP contribution in [0.5, 0.6) is 0 Å². The first kappa shape index (κ1) is 13.6. The first-order chi connectivity index (χ1) is 9.83. The normalized spacial score (nSPS) is 24.3. The minimum atomic E-state index is -0.0581. The summed E-state index contributed by atoms with van der Waals surface area (Å²) in [6, 6.07) is 10.2. The van der Waals surface area contributed by atoms with E-state index < -0.39 is 0 Å². The van der Waals surface area contributed by atoms with Gasteiger partial charge in [-0.1, -0.05) is 30.3 Å². The molecule has 2 heterocycles. The molecule has 1 atom stereocenters. The van der Waals surface area contributed by atoms with Crippen LogP contribution >= 0.6 is 0 Å². The molecule has 108 valence electrons. The zero-order valence-corrected chi connectivity index (χ0v) is 11.8. The fourth-order valence-corrected chi connectivity index (χ4v) is 3.01. The Morgan fingerprint density at radius 1 is 1.20 bits per heavy atom. The summed E-state index contributed by atoms with van der Waals surface area (Å²) in [5.74, 6) is 0.852. The number of benzene rings is 1. The summed E-state index contributed by atoms with van der Waals surface area (Å²) < 4.78 is 5.37. The van der Waals surface area contributed by atoms with Crippen LogP contribution in [0, 0.1) is 5.92 Å². The van der Waals surface area contributed by atoms with Gasteiger partial charge in [-0.2, -0.15) is 0 Å². The van der Waals surface area contributed by atoms with Crippen molar-refractivity contribution in [3.63, 3.8) is 0 Å². The van der Waals surface area contributed by atoms with E-state index in [1.54, 1.807) is 0 Å². The SMILES string of the molecule is O=C1C(Cc2ccccc2)NCN1CC1CCOCC1. The van der Waals surface area contributed by atoms with E-state index in [4.69, 9.17) is 4.74 Å². The van der Waals surface area contributed by atoms with E-state index in [0.717, 1.165) is 39.0 Å². The van der Waals surface area contributed by atoms with Gasteiger partial charge >= 0.3 is 0 Å². The molecule has 2 aliphatic rings. The van der Waals surface area contributed by atoms with Gasteiger partial charge in [0, 0.05) is 19.8 Å². The number of hydrogen-bond acceptors (Lipinski definition) is 3. The van der Waals surface area contributed by atoms with E-state index in [1.807, 2.05) is 23.1 Å². The molecule has 4 nitrogen and oxygen atoms in total. The maximum atomic E-state index is 12.4. The summed E-state index contributed by atoms with van der Waals surface area (Å²) in [6.45, 7) is 3.25. The highest BCUT2D eigenvalue weighted by Gasteiger charge is 2.32. The van der Waals surface area contributed by atoms with Gasteiger partial charge < -0.3 is 9.64 Å². The predicted molar refractivity (Wildman–Crippen MR) is 77.2 cm³/mol. The molecular formula is C16H22N2O2. The highest BCUT2D eigenvalue weighted by atomic mass is 16.5. The molecule has 1 aromatic carbocycles. The minimum absolute atomic E-state index is 0.0581. The Kier molecular flexibility index (Phi) is 4.33. The first-order valence-corrected chi connectivity index (χ1v) is 7.47. The Morgan fingerprint density at radius 3 is 2.70 bits per heavy atom.